The Labute approximate surface area is 323 Å². The average molecular weight is 701 g/mol. The molecule has 55 heavy (non-hydrogen) atoms. The maximum atomic E-state index is 2.48. The first-order valence-electron chi connectivity index (χ1n) is 19.3. The summed E-state index contributed by atoms with van der Waals surface area (Å²) in [4.78, 5) is 0. The summed E-state index contributed by atoms with van der Waals surface area (Å²) in [6, 6.07) is 73.5. The minimum absolute atomic E-state index is 0.0836. The smallest absolute Gasteiger partial charge is 0.0159 e. The average Bonchev–Trinajstić information content (AvgIpc) is 3.48. The molecule has 260 valence electrons. The van der Waals surface area contributed by atoms with Gasteiger partial charge in [-0.2, -0.15) is 0 Å². The second kappa shape index (κ2) is 13.3. The van der Waals surface area contributed by atoms with Crippen molar-refractivity contribution in [2.45, 2.75) is 19.3 Å². The van der Waals surface area contributed by atoms with Crippen LogP contribution in [0.5, 0.6) is 0 Å². The van der Waals surface area contributed by atoms with Crippen molar-refractivity contribution < 1.29 is 0 Å². The summed E-state index contributed by atoms with van der Waals surface area (Å²) in [5.41, 5.74) is 17.7. The van der Waals surface area contributed by atoms with Crippen molar-refractivity contribution in [3.8, 4) is 44.5 Å². The summed E-state index contributed by atoms with van der Waals surface area (Å²) in [7, 11) is 0. The van der Waals surface area contributed by atoms with Crippen LogP contribution >= 0.6 is 0 Å². The van der Waals surface area contributed by atoms with Crippen LogP contribution in [0.4, 0.5) is 0 Å². The van der Waals surface area contributed by atoms with Gasteiger partial charge >= 0.3 is 0 Å². The van der Waals surface area contributed by atoms with Crippen molar-refractivity contribution in [2.24, 2.45) is 0 Å². The molecule has 0 saturated heterocycles. The molecule has 0 heterocycles. The van der Waals surface area contributed by atoms with Crippen LogP contribution in [0.1, 0.15) is 41.7 Å². The second-order valence-corrected chi connectivity index (χ2v) is 15.3. The molecule has 9 aromatic carbocycles. The van der Waals surface area contributed by atoms with Gasteiger partial charge in [-0.05, 0) is 118 Å². The van der Waals surface area contributed by atoms with Crippen molar-refractivity contribution in [3.05, 3.63) is 228 Å². The van der Waals surface area contributed by atoms with Crippen LogP contribution in [0.2, 0.25) is 0 Å². The Balaban J connectivity index is 1.18. The third-order valence-electron chi connectivity index (χ3n) is 11.7. The molecule has 0 fully saturated rings. The predicted octanol–water partition coefficient (Wildman–Crippen LogP) is 14.9. The molecule has 0 unspecified atom stereocenters. The van der Waals surface area contributed by atoms with E-state index < -0.39 is 0 Å². The van der Waals surface area contributed by atoms with Gasteiger partial charge in [-0.3, -0.25) is 0 Å². The van der Waals surface area contributed by atoms with Gasteiger partial charge in [0.1, 0.15) is 0 Å². The SMILES string of the molecule is CC1(C)c2ccccc2-c2ccc(-c3c4ccccc4c(-c4ccc(C=C(c5ccccc5)c5ccccc5)cc4)c4ccc(-c5ccccc5)cc34)cc21. The van der Waals surface area contributed by atoms with Gasteiger partial charge in [0.15, 0.2) is 0 Å². The van der Waals surface area contributed by atoms with E-state index in [0.717, 1.165) is 0 Å². The molecule has 10 rings (SSSR count). The number of hydrogen-bond donors (Lipinski definition) is 0. The highest BCUT2D eigenvalue weighted by Gasteiger charge is 2.35. The van der Waals surface area contributed by atoms with Gasteiger partial charge in [-0.1, -0.05) is 202 Å². The summed E-state index contributed by atoms with van der Waals surface area (Å²) >= 11 is 0. The fraction of sp³-hybridized carbons (Fsp3) is 0.0545. The van der Waals surface area contributed by atoms with E-state index in [1.165, 1.54) is 99.4 Å². The number of fused-ring (bicyclic) bond motifs is 5. The molecule has 1 aliphatic carbocycles. The zero-order valence-electron chi connectivity index (χ0n) is 31.1. The van der Waals surface area contributed by atoms with Crippen LogP contribution in [-0.4, -0.2) is 0 Å². The first-order chi connectivity index (χ1) is 27.0. The lowest BCUT2D eigenvalue weighted by Gasteiger charge is -2.23. The molecule has 0 nitrogen and oxygen atoms in total. The highest BCUT2D eigenvalue weighted by atomic mass is 14.4. The van der Waals surface area contributed by atoms with Crippen LogP contribution in [0.3, 0.4) is 0 Å². The van der Waals surface area contributed by atoms with E-state index in [1.54, 1.807) is 0 Å². The molecular formula is C55H40. The Kier molecular flexibility index (Phi) is 7.93. The van der Waals surface area contributed by atoms with E-state index in [1.807, 2.05) is 0 Å². The van der Waals surface area contributed by atoms with Gasteiger partial charge in [0.25, 0.3) is 0 Å². The fourth-order valence-electron chi connectivity index (χ4n) is 8.95. The topological polar surface area (TPSA) is 0 Å². The number of rotatable bonds is 6. The highest BCUT2D eigenvalue weighted by molar-refractivity contribution is 6.22. The molecular weight excluding hydrogens is 661 g/mol. The van der Waals surface area contributed by atoms with Crippen LogP contribution in [0, 0.1) is 0 Å². The third kappa shape index (κ3) is 5.61. The van der Waals surface area contributed by atoms with Crippen LogP contribution in [-0.2, 0) is 5.41 Å². The summed E-state index contributed by atoms with van der Waals surface area (Å²) in [5, 5.41) is 5.05. The van der Waals surface area contributed by atoms with Gasteiger partial charge in [-0.25, -0.2) is 0 Å². The first-order valence-corrected chi connectivity index (χ1v) is 19.3. The summed E-state index contributed by atoms with van der Waals surface area (Å²) in [6.07, 6.45) is 2.31. The molecule has 0 aromatic heterocycles. The van der Waals surface area contributed by atoms with E-state index in [2.05, 4.69) is 220 Å². The van der Waals surface area contributed by atoms with Gasteiger partial charge in [0.05, 0.1) is 0 Å². The third-order valence-corrected chi connectivity index (χ3v) is 11.7. The van der Waals surface area contributed by atoms with Crippen LogP contribution in [0.15, 0.2) is 200 Å². The molecule has 0 amide bonds. The fourth-order valence-corrected chi connectivity index (χ4v) is 8.95. The van der Waals surface area contributed by atoms with E-state index >= 15 is 0 Å². The molecule has 0 N–H and O–H groups in total. The quantitative estimate of drug-likeness (QED) is 0.120. The van der Waals surface area contributed by atoms with E-state index in [0.29, 0.717) is 0 Å². The van der Waals surface area contributed by atoms with E-state index in [9.17, 15) is 0 Å². The minimum atomic E-state index is -0.0836. The Bertz CT molecular complexity index is 2850. The van der Waals surface area contributed by atoms with Gasteiger partial charge in [0, 0.05) is 5.41 Å². The Morgan fingerprint density at radius 3 is 1.55 bits per heavy atom. The Morgan fingerprint density at radius 1 is 0.364 bits per heavy atom. The summed E-state index contributed by atoms with van der Waals surface area (Å²) in [5.74, 6) is 0. The van der Waals surface area contributed by atoms with Gasteiger partial charge in [0.2, 0.25) is 0 Å². The van der Waals surface area contributed by atoms with Crippen LogP contribution < -0.4 is 0 Å². The molecule has 1 aliphatic rings. The molecule has 9 aromatic rings. The van der Waals surface area contributed by atoms with Gasteiger partial charge < -0.3 is 0 Å². The normalized spacial score (nSPS) is 12.7. The molecule has 0 heteroatoms. The Hall–Kier alpha value is -6.76. The largest absolute Gasteiger partial charge is 0.0622 e. The molecule has 0 radical (unpaired) electrons. The van der Waals surface area contributed by atoms with Crippen molar-refractivity contribution in [1.29, 1.82) is 0 Å². The molecule has 0 atom stereocenters. The lowest BCUT2D eigenvalue weighted by atomic mass is 9.80. The van der Waals surface area contributed by atoms with E-state index in [4.69, 9.17) is 0 Å². The van der Waals surface area contributed by atoms with Crippen molar-refractivity contribution in [3.63, 3.8) is 0 Å². The van der Waals surface area contributed by atoms with E-state index in [-0.39, 0.29) is 5.41 Å². The monoisotopic (exact) mass is 700 g/mol. The van der Waals surface area contributed by atoms with Gasteiger partial charge in [-0.15, -0.1) is 0 Å². The molecule has 0 aliphatic heterocycles. The molecule has 0 bridgehead atoms. The molecule has 0 spiro atoms. The van der Waals surface area contributed by atoms with Crippen molar-refractivity contribution in [1.82, 2.24) is 0 Å². The zero-order chi connectivity index (χ0) is 36.9. The number of benzene rings is 9. The maximum absolute atomic E-state index is 2.48. The maximum Gasteiger partial charge on any atom is 0.0159 e. The number of hydrogen-bond acceptors (Lipinski definition) is 0. The predicted molar refractivity (Wildman–Crippen MR) is 235 cm³/mol. The van der Waals surface area contributed by atoms with Crippen LogP contribution in [0.25, 0.3) is 77.7 Å². The lowest BCUT2D eigenvalue weighted by Crippen LogP contribution is -2.14. The Morgan fingerprint density at radius 2 is 0.873 bits per heavy atom. The standard InChI is InChI=1S/C55H40/c1-55(2)51-25-15-14-22-44(51)45-32-31-43(36-52(45)55)54-47-24-13-12-23-46(47)53(48-33-30-42(35-50(48)54)38-16-6-3-7-17-38)41-28-26-37(27-29-41)34-49(39-18-8-4-9-19-39)40-20-10-5-11-21-40/h3-36H,1-2H3. The highest BCUT2D eigenvalue weighted by Crippen LogP contribution is 2.51. The second-order valence-electron chi connectivity index (χ2n) is 15.3. The van der Waals surface area contributed by atoms with Crippen molar-refractivity contribution in [2.75, 3.05) is 0 Å². The molecule has 0 saturated carbocycles. The summed E-state index contributed by atoms with van der Waals surface area (Å²) < 4.78 is 0. The lowest BCUT2D eigenvalue weighted by molar-refractivity contribution is 0.660. The summed E-state index contributed by atoms with van der Waals surface area (Å²) in [6.45, 7) is 4.74. The first kappa shape index (κ1) is 32.9. The zero-order valence-corrected chi connectivity index (χ0v) is 31.1. The van der Waals surface area contributed by atoms with Crippen molar-refractivity contribution >= 4 is 33.2 Å². The minimum Gasteiger partial charge on any atom is -0.0622 e.